The van der Waals surface area contributed by atoms with Crippen LogP contribution in [0.3, 0.4) is 0 Å². The van der Waals surface area contributed by atoms with Gasteiger partial charge >= 0.3 is 5.97 Å². The lowest BCUT2D eigenvalue weighted by atomic mass is 10.1. The summed E-state index contributed by atoms with van der Waals surface area (Å²) in [6, 6.07) is 13.4. The van der Waals surface area contributed by atoms with Crippen LogP contribution in [0.2, 0.25) is 0 Å². The lowest BCUT2D eigenvalue weighted by Crippen LogP contribution is -2.48. The van der Waals surface area contributed by atoms with Gasteiger partial charge in [-0.3, -0.25) is 14.5 Å². The molecular weight excluding hydrogens is 404 g/mol. The largest absolute Gasteiger partial charge is 0.465 e. The van der Waals surface area contributed by atoms with Crippen molar-refractivity contribution < 1.29 is 18.7 Å². The van der Waals surface area contributed by atoms with E-state index >= 15 is 0 Å². The van der Waals surface area contributed by atoms with Crippen LogP contribution < -0.4 is 0 Å². The van der Waals surface area contributed by atoms with Crippen molar-refractivity contribution in [2.24, 2.45) is 0 Å². The van der Waals surface area contributed by atoms with Crippen molar-refractivity contribution in [1.29, 1.82) is 0 Å². The van der Waals surface area contributed by atoms with Crippen LogP contribution >= 0.6 is 0 Å². The number of carbonyl (C=O) groups excluding carboxylic acids is 2. The average molecular weight is 441 g/mol. The van der Waals surface area contributed by atoms with Crippen molar-refractivity contribution >= 4 is 11.9 Å². The molecule has 0 N–H and O–H groups in total. The summed E-state index contributed by atoms with van der Waals surface area (Å²) >= 11 is 0. The molecule has 1 aromatic heterocycles. The van der Waals surface area contributed by atoms with Crippen LogP contribution in [0.5, 0.6) is 0 Å². The highest BCUT2D eigenvalue weighted by molar-refractivity contribution is 5.80. The molecule has 0 aliphatic heterocycles. The van der Waals surface area contributed by atoms with E-state index in [0.717, 1.165) is 24.4 Å². The van der Waals surface area contributed by atoms with Gasteiger partial charge in [-0.2, -0.15) is 0 Å². The van der Waals surface area contributed by atoms with Gasteiger partial charge in [0.25, 0.3) is 0 Å². The lowest BCUT2D eigenvalue weighted by molar-refractivity contribution is -0.150. The summed E-state index contributed by atoms with van der Waals surface area (Å²) in [7, 11) is 0. The normalized spacial score (nSPS) is 11.9. The Morgan fingerprint density at radius 3 is 2.50 bits per heavy atom. The van der Waals surface area contributed by atoms with E-state index in [1.807, 2.05) is 49.1 Å². The molecule has 2 aromatic rings. The molecule has 0 aliphatic rings. The molecule has 0 bridgehead atoms. The molecule has 174 valence electrons. The summed E-state index contributed by atoms with van der Waals surface area (Å²) in [5.41, 5.74) is 1.17. The third-order valence-electron chi connectivity index (χ3n) is 5.27. The molecule has 1 heterocycles. The zero-order valence-corrected chi connectivity index (χ0v) is 19.6. The third kappa shape index (κ3) is 8.00. The number of hydrogen-bond acceptors (Lipinski definition) is 5. The lowest BCUT2D eigenvalue weighted by Gasteiger charge is -2.31. The predicted molar refractivity (Wildman–Crippen MR) is 126 cm³/mol. The van der Waals surface area contributed by atoms with Gasteiger partial charge in [0.1, 0.15) is 17.6 Å². The SMILES string of the molecule is C=CCN(CC(=O)N(CCc1ccccc1)Cc1ccc(C)o1)C(CCC)C(=O)OCC. The summed E-state index contributed by atoms with van der Waals surface area (Å²) in [6.07, 6.45) is 3.90. The van der Waals surface area contributed by atoms with E-state index < -0.39 is 6.04 Å². The van der Waals surface area contributed by atoms with Crippen LogP contribution in [0.25, 0.3) is 0 Å². The number of carbonyl (C=O) groups is 2. The number of esters is 1. The molecule has 1 aromatic carbocycles. The Morgan fingerprint density at radius 2 is 1.91 bits per heavy atom. The molecular formula is C26H36N2O4. The van der Waals surface area contributed by atoms with Crippen LogP contribution in [0, 0.1) is 6.92 Å². The van der Waals surface area contributed by atoms with Crippen molar-refractivity contribution in [1.82, 2.24) is 9.80 Å². The topological polar surface area (TPSA) is 63.0 Å². The van der Waals surface area contributed by atoms with Gasteiger partial charge in [0, 0.05) is 13.1 Å². The van der Waals surface area contributed by atoms with E-state index in [9.17, 15) is 9.59 Å². The van der Waals surface area contributed by atoms with Crippen LogP contribution in [0.4, 0.5) is 0 Å². The molecule has 6 heteroatoms. The van der Waals surface area contributed by atoms with Crippen molar-refractivity contribution in [3.8, 4) is 0 Å². The molecule has 32 heavy (non-hydrogen) atoms. The van der Waals surface area contributed by atoms with E-state index in [0.29, 0.717) is 32.7 Å². The Labute approximate surface area is 191 Å². The zero-order chi connectivity index (χ0) is 23.3. The minimum Gasteiger partial charge on any atom is -0.465 e. The maximum absolute atomic E-state index is 13.4. The number of hydrogen-bond donors (Lipinski definition) is 0. The van der Waals surface area contributed by atoms with Gasteiger partial charge in [0.2, 0.25) is 5.91 Å². The smallest absolute Gasteiger partial charge is 0.323 e. The van der Waals surface area contributed by atoms with Crippen molar-refractivity contribution in [3.05, 3.63) is 72.2 Å². The Kier molecular flexibility index (Phi) is 10.7. The highest BCUT2D eigenvalue weighted by atomic mass is 16.5. The fraction of sp³-hybridized carbons (Fsp3) is 0.462. The molecule has 6 nitrogen and oxygen atoms in total. The molecule has 1 atom stereocenters. The second kappa shape index (κ2) is 13.5. The Morgan fingerprint density at radius 1 is 1.16 bits per heavy atom. The van der Waals surface area contributed by atoms with E-state index in [4.69, 9.17) is 9.15 Å². The summed E-state index contributed by atoms with van der Waals surface area (Å²) < 4.78 is 11.0. The van der Waals surface area contributed by atoms with Crippen molar-refractivity contribution in [2.75, 3.05) is 26.2 Å². The number of rotatable bonds is 14. The highest BCUT2D eigenvalue weighted by Gasteiger charge is 2.29. The first-order valence-corrected chi connectivity index (χ1v) is 11.4. The maximum atomic E-state index is 13.4. The number of furan rings is 1. The fourth-order valence-electron chi connectivity index (χ4n) is 3.66. The minimum atomic E-state index is -0.469. The first-order valence-electron chi connectivity index (χ1n) is 11.4. The van der Waals surface area contributed by atoms with Crippen LogP contribution in [0.15, 0.2) is 59.5 Å². The Balaban J connectivity index is 2.17. The molecule has 2 rings (SSSR count). The first-order chi connectivity index (χ1) is 15.5. The summed E-state index contributed by atoms with van der Waals surface area (Å²) in [5.74, 6) is 1.22. The Hall–Kier alpha value is -2.86. The second-order valence-corrected chi connectivity index (χ2v) is 7.84. The molecule has 0 spiro atoms. The van der Waals surface area contributed by atoms with Gasteiger partial charge < -0.3 is 14.1 Å². The predicted octanol–water partition coefficient (Wildman–Crippen LogP) is 4.38. The molecule has 0 radical (unpaired) electrons. The standard InChI is InChI=1S/C26H36N2O4/c1-5-11-24(26(30)31-7-3)27(17-6-2)20-25(29)28(19-23-15-14-21(4)32-23)18-16-22-12-9-8-10-13-22/h6,8-10,12-15,24H,2,5,7,11,16-20H2,1,3-4H3. The number of aryl methyl sites for hydroxylation is 1. The summed E-state index contributed by atoms with van der Waals surface area (Å²) in [5, 5.41) is 0. The van der Waals surface area contributed by atoms with Crippen molar-refractivity contribution in [2.45, 2.75) is 52.6 Å². The molecule has 1 unspecified atom stereocenters. The number of benzene rings is 1. The molecule has 0 saturated heterocycles. The van der Waals surface area contributed by atoms with Crippen LogP contribution in [-0.4, -0.2) is 54.0 Å². The van der Waals surface area contributed by atoms with Gasteiger partial charge in [0.05, 0.1) is 19.7 Å². The second-order valence-electron chi connectivity index (χ2n) is 7.84. The average Bonchev–Trinajstić information content (AvgIpc) is 3.20. The zero-order valence-electron chi connectivity index (χ0n) is 19.6. The number of amides is 1. The Bertz CT molecular complexity index is 847. The monoisotopic (exact) mass is 440 g/mol. The van der Waals surface area contributed by atoms with Crippen LogP contribution in [0.1, 0.15) is 43.8 Å². The quantitative estimate of drug-likeness (QED) is 0.322. The molecule has 1 amide bonds. The van der Waals surface area contributed by atoms with E-state index in [-0.39, 0.29) is 18.4 Å². The van der Waals surface area contributed by atoms with E-state index in [1.54, 1.807) is 17.9 Å². The summed E-state index contributed by atoms with van der Waals surface area (Å²) in [6.45, 7) is 11.3. The number of ether oxygens (including phenoxy) is 1. The number of nitrogens with zero attached hydrogens (tertiary/aromatic N) is 2. The van der Waals surface area contributed by atoms with Crippen LogP contribution in [-0.2, 0) is 27.3 Å². The maximum Gasteiger partial charge on any atom is 0.323 e. The van der Waals surface area contributed by atoms with Gasteiger partial charge in [-0.05, 0) is 44.4 Å². The third-order valence-corrected chi connectivity index (χ3v) is 5.27. The highest BCUT2D eigenvalue weighted by Crippen LogP contribution is 2.14. The van der Waals surface area contributed by atoms with Gasteiger partial charge in [-0.25, -0.2) is 0 Å². The van der Waals surface area contributed by atoms with Gasteiger partial charge in [0.15, 0.2) is 0 Å². The van der Waals surface area contributed by atoms with E-state index in [1.165, 1.54) is 5.56 Å². The molecule has 0 saturated carbocycles. The van der Waals surface area contributed by atoms with E-state index in [2.05, 4.69) is 18.7 Å². The molecule has 0 aliphatic carbocycles. The minimum absolute atomic E-state index is 0.0535. The van der Waals surface area contributed by atoms with Gasteiger partial charge in [-0.1, -0.05) is 49.8 Å². The first kappa shape index (κ1) is 25.4. The van der Waals surface area contributed by atoms with Crippen molar-refractivity contribution in [3.63, 3.8) is 0 Å². The molecule has 0 fully saturated rings. The van der Waals surface area contributed by atoms with Gasteiger partial charge in [-0.15, -0.1) is 6.58 Å². The summed E-state index contributed by atoms with van der Waals surface area (Å²) in [4.78, 5) is 29.6. The fourth-order valence-corrected chi connectivity index (χ4v) is 3.66.